The third-order valence-corrected chi connectivity index (χ3v) is 4.02. The SMILES string of the molecule is Nc1ccccc1C(=O)NN=Cc1ccc(OCc2ccc([N+](=O)[O-])cc2)cc1. The summed E-state index contributed by atoms with van der Waals surface area (Å²) in [6.45, 7) is 0.292. The molecule has 0 heterocycles. The highest BCUT2D eigenvalue weighted by Gasteiger charge is 2.07. The molecule has 3 aromatic carbocycles. The molecule has 0 aliphatic rings. The second-order valence-corrected chi connectivity index (χ2v) is 6.07. The second kappa shape index (κ2) is 9.14. The lowest BCUT2D eigenvalue weighted by molar-refractivity contribution is -0.384. The number of nitrogens with zero attached hydrogens (tertiary/aromatic N) is 2. The Bertz CT molecular complexity index is 1030. The minimum absolute atomic E-state index is 0.0411. The van der Waals surface area contributed by atoms with Crippen LogP contribution in [0.4, 0.5) is 11.4 Å². The van der Waals surface area contributed by atoms with E-state index in [1.54, 1.807) is 60.7 Å². The van der Waals surface area contributed by atoms with Gasteiger partial charge in [0, 0.05) is 17.8 Å². The zero-order valence-electron chi connectivity index (χ0n) is 15.3. The topological polar surface area (TPSA) is 120 Å². The highest BCUT2D eigenvalue weighted by molar-refractivity contribution is 5.99. The molecule has 29 heavy (non-hydrogen) atoms. The van der Waals surface area contributed by atoms with E-state index in [2.05, 4.69) is 10.5 Å². The van der Waals surface area contributed by atoms with Gasteiger partial charge in [0.2, 0.25) is 0 Å². The molecular weight excluding hydrogens is 372 g/mol. The van der Waals surface area contributed by atoms with E-state index in [0.29, 0.717) is 23.6 Å². The third kappa shape index (κ3) is 5.39. The normalized spacial score (nSPS) is 10.6. The highest BCUT2D eigenvalue weighted by atomic mass is 16.6. The number of hydrogen-bond acceptors (Lipinski definition) is 6. The van der Waals surface area contributed by atoms with Crippen LogP contribution in [0.1, 0.15) is 21.5 Å². The average molecular weight is 390 g/mol. The summed E-state index contributed by atoms with van der Waals surface area (Å²) in [7, 11) is 0. The van der Waals surface area contributed by atoms with E-state index >= 15 is 0 Å². The molecule has 3 rings (SSSR count). The van der Waals surface area contributed by atoms with Gasteiger partial charge in [-0.2, -0.15) is 5.10 Å². The van der Waals surface area contributed by atoms with E-state index < -0.39 is 4.92 Å². The largest absolute Gasteiger partial charge is 0.489 e. The highest BCUT2D eigenvalue weighted by Crippen LogP contribution is 2.16. The van der Waals surface area contributed by atoms with Gasteiger partial charge < -0.3 is 10.5 Å². The van der Waals surface area contributed by atoms with Crippen LogP contribution in [0.15, 0.2) is 77.9 Å². The van der Waals surface area contributed by atoms with Crippen molar-refractivity contribution in [2.75, 3.05) is 5.73 Å². The van der Waals surface area contributed by atoms with Crippen molar-refractivity contribution in [3.63, 3.8) is 0 Å². The molecule has 0 saturated carbocycles. The first kappa shape index (κ1) is 19.6. The van der Waals surface area contributed by atoms with E-state index in [1.807, 2.05) is 0 Å². The van der Waals surface area contributed by atoms with Gasteiger partial charge in [-0.1, -0.05) is 12.1 Å². The van der Waals surface area contributed by atoms with Crippen LogP contribution in [-0.2, 0) is 6.61 Å². The molecule has 3 N–H and O–H groups in total. The Balaban J connectivity index is 1.52. The predicted molar refractivity (Wildman–Crippen MR) is 110 cm³/mol. The number of nitrogen functional groups attached to an aromatic ring is 1. The first-order valence-corrected chi connectivity index (χ1v) is 8.67. The molecule has 0 unspecified atom stereocenters. The summed E-state index contributed by atoms with van der Waals surface area (Å²) in [5, 5.41) is 14.6. The molecule has 0 bridgehead atoms. The number of benzene rings is 3. The fourth-order valence-electron chi connectivity index (χ4n) is 2.46. The molecule has 0 spiro atoms. The Morgan fingerprint density at radius 2 is 1.76 bits per heavy atom. The molecule has 0 atom stereocenters. The van der Waals surface area contributed by atoms with E-state index in [0.717, 1.165) is 11.1 Å². The van der Waals surface area contributed by atoms with Crippen molar-refractivity contribution in [2.24, 2.45) is 5.10 Å². The molecule has 1 amide bonds. The molecule has 8 heteroatoms. The van der Waals surface area contributed by atoms with Crippen LogP contribution in [0, 0.1) is 10.1 Å². The van der Waals surface area contributed by atoms with Crippen LogP contribution in [0.3, 0.4) is 0 Å². The Hall–Kier alpha value is -4.20. The lowest BCUT2D eigenvalue weighted by Gasteiger charge is -2.06. The van der Waals surface area contributed by atoms with Gasteiger partial charge in [0.15, 0.2) is 0 Å². The van der Waals surface area contributed by atoms with Crippen LogP contribution in [0.2, 0.25) is 0 Å². The van der Waals surface area contributed by atoms with Gasteiger partial charge in [-0.05, 0) is 59.7 Å². The summed E-state index contributed by atoms with van der Waals surface area (Å²) < 4.78 is 5.66. The number of para-hydroxylation sites is 1. The summed E-state index contributed by atoms with van der Waals surface area (Å²) in [4.78, 5) is 22.2. The molecular formula is C21H18N4O4. The van der Waals surface area contributed by atoms with Gasteiger partial charge in [0.1, 0.15) is 12.4 Å². The van der Waals surface area contributed by atoms with E-state index in [-0.39, 0.29) is 11.6 Å². The summed E-state index contributed by atoms with van der Waals surface area (Å²) in [5.74, 6) is 0.254. The molecule has 0 radical (unpaired) electrons. The maximum Gasteiger partial charge on any atom is 0.273 e. The van der Waals surface area contributed by atoms with Crippen molar-refractivity contribution in [3.05, 3.63) is 99.6 Å². The number of hydrazone groups is 1. The van der Waals surface area contributed by atoms with Gasteiger partial charge in [-0.15, -0.1) is 0 Å². The zero-order chi connectivity index (χ0) is 20.6. The Morgan fingerprint density at radius 3 is 2.41 bits per heavy atom. The molecule has 0 aromatic heterocycles. The molecule has 3 aromatic rings. The number of nitrogens with one attached hydrogen (secondary N) is 1. The number of nitro groups is 1. The third-order valence-electron chi connectivity index (χ3n) is 4.02. The summed E-state index contributed by atoms with van der Waals surface area (Å²) in [6, 6.07) is 20.0. The fourth-order valence-corrected chi connectivity index (χ4v) is 2.46. The molecule has 0 saturated heterocycles. The standard InChI is InChI=1S/C21H18N4O4/c22-20-4-2-1-3-19(20)21(26)24-23-13-15-7-11-18(12-8-15)29-14-16-5-9-17(10-6-16)25(27)28/h1-13H,14,22H2,(H,24,26). The minimum atomic E-state index is -0.442. The van der Waals surface area contributed by atoms with Gasteiger partial charge in [-0.3, -0.25) is 14.9 Å². The maximum absolute atomic E-state index is 12.0. The summed E-state index contributed by atoms with van der Waals surface area (Å²) in [5.41, 5.74) is 10.6. The summed E-state index contributed by atoms with van der Waals surface area (Å²) in [6.07, 6.45) is 1.51. The summed E-state index contributed by atoms with van der Waals surface area (Å²) >= 11 is 0. The van der Waals surface area contributed by atoms with Crippen molar-refractivity contribution in [3.8, 4) is 5.75 Å². The molecule has 0 aliphatic carbocycles. The van der Waals surface area contributed by atoms with Crippen LogP contribution in [-0.4, -0.2) is 17.0 Å². The maximum atomic E-state index is 12.0. The van der Waals surface area contributed by atoms with Crippen molar-refractivity contribution in [1.82, 2.24) is 5.43 Å². The monoisotopic (exact) mass is 390 g/mol. The lowest BCUT2D eigenvalue weighted by atomic mass is 10.2. The fraction of sp³-hybridized carbons (Fsp3) is 0.0476. The molecule has 0 aliphatic heterocycles. The number of carbonyl (C=O) groups excluding carboxylic acids is 1. The van der Waals surface area contributed by atoms with E-state index in [1.165, 1.54) is 18.3 Å². The van der Waals surface area contributed by atoms with E-state index in [9.17, 15) is 14.9 Å². The van der Waals surface area contributed by atoms with Crippen molar-refractivity contribution >= 4 is 23.5 Å². The molecule has 0 fully saturated rings. The van der Waals surface area contributed by atoms with Crippen molar-refractivity contribution in [2.45, 2.75) is 6.61 Å². The van der Waals surface area contributed by atoms with Crippen LogP contribution >= 0.6 is 0 Å². The minimum Gasteiger partial charge on any atom is -0.489 e. The van der Waals surface area contributed by atoms with Crippen LogP contribution in [0.5, 0.6) is 5.75 Å². The van der Waals surface area contributed by atoms with Gasteiger partial charge >= 0.3 is 0 Å². The lowest BCUT2D eigenvalue weighted by Crippen LogP contribution is -2.18. The number of hydrogen-bond donors (Lipinski definition) is 2. The Labute approximate surface area is 166 Å². The quantitative estimate of drug-likeness (QED) is 0.277. The van der Waals surface area contributed by atoms with Gasteiger partial charge in [0.25, 0.3) is 11.6 Å². The Morgan fingerprint density at radius 1 is 1.07 bits per heavy atom. The molecule has 8 nitrogen and oxygen atoms in total. The van der Waals surface area contributed by atoms with Crippen LogP contribution < -0.4 is 15.9 Å². The van der Waals surface area contributed by atoms with Gasteiger partial charge in [-0.25, -0.2) is 5.43 Å². The predicted octanol–water partition coefficient (Wildman–Crippen LogP) is 3.52. The first-order valence-electron chi connectivity index (χ1n) is 8.67. The number of amides is 1. The number of anilines is 1. The zero-order valence-corrected chi connectivity index (χ0v) is 15.3. The number of rotatable bonds is 7. The number of nitro benzene ring substituents is 1. The van der Waals surface area contributed by atoms with Crippen molar-refractivity contribution in [1.29, 1.82) is 0 Å². The number of carbonyl (C=O) groups is 1. The number of non-ortho nitro benzene ring substituents is 1. The number of ether oxygens (including phenoxy) is 1. The van der Waals surface area contributed by atoms with Gasteiger partial charge in [0.05, 0.1) is 16.7 Å². The second-order valence-electron chi connectivity index (χ2n) is 6.07. The average Bonchev–Trinajstić information content (AvgIpc) is 2.73. The van der Waals surface area contributed by atoms with E-state index in [4.69, 9.17) is 10.5 Å². The van der Waals surface area contributed by atoms with Crippen molar-refractivity contribution < 1.29 is 14.5 Å². The first-order chi connectivity index (χ1) is 14.0. The van der Waals surface area contributed by atoms with Crippen LogP contribution in [0.25, 0.3) is 0 Å². The number of nitrogens with two attached hydrogens (primary N) is 1. The Kier molecular flexibility index (Phi) is 6.16. The smallest absolute Gasteiger partial charge is 0.273 e. The molecule has 146 valence electrons.